The van der Waals surface area contributed by atoms with Gasteiger partial charge >= 0.3 is 0 Å². The van der Waals surface area contributed by atoms with E-state index in [1.165, 1.54) is 6.92 Å². The molecule has 0 spiro atoms. The molecule has 1 N–H and O–H groups in total. The second-order valence-corrected chi connectivity index (χ2v) is 7.57. The van der Waals surface area contributed by atoms with Crippen LogP contribution in [0.1, 0.15) is 18.4 Å². The van der Waals surface area contributed by atoms with Gasteiger partial charge in [0.05, 0.1) is 5.69 Å². The van der Waals surface area contributed by atoms with Gasteiger partial charge in [0.2, 0.25) is 11.8 Å². The molecule has 1 heterocycles. The number of carbonyl (C=O) groups is 1. The van der Waals surface area contributed by atoms with Crippen molar-refractivity contribution in [1.29, 1.82) is 0 Å². The molecule has 7 heteroatoms. The maximum Gasteiger partial charge on any atom is 0.242 e. The lowest BCUT2D eigenvalue weighted by Crippen LogP contribution is -2.31. The van der Waals surface area contributed by atoms with Crippen molar-refractivity contribution in [2.24, 2.45) is 0 Å². The van der Waals surface area contributed by atoms with Crippen molar-refractivity contribution < 1.29 is 17.6 Å². The number of rotatable bonds is 4. The van der Waals surface area contributed by atoms with E-state index in [2.05, 4.69) is 10.3 Å². The highest BCUT2D eigenvalue weighted by atomic mass is 32.2. The van der Waals surface area contributed by atoms with Crippen LogP contribution < -0.4 is 5.32 Å². The molecule has 0 aliphatic rings. The molecule has 0 saturated carbocycles. The summed E-state index contributed by atoms with van der Waals surface area (Å²) in [6.07, 6.45) is 1.04. The van der Waals surface area contributed by atoms with E-state index in [4.69, 9.17) is 4.42 Å². The third-order valence-corrected chi connectivity index (χ3v) is 4.94. The van der Waals surface area contributed by atoms with Crippen LogP contribution in [-0.2, 0) is 14.6 Å². The summed E-state index contributed by atoms with van der Waals surface area (Å²) in [5, 5.41) is 1.48. The molecule has 22 heavy (non-hydrogen) atoms. The van der Waals surface area contributed by atoms with Gasteiger partial charge in [-0.15, -0.1) is 0 Å². The molecule has 0 aliphatic heterocycles. The molecule has 0 radical (unpaired) electrons. The summed E-state index contributed by atoms with van der Waals surface area (Å²) in [5.41, 5.74) is 2.13. The lowest BCUT2D eigenvalue weighted by Gasteiger charge is -2.10. The van der Waals surface area contributed by atoms with Crippen LogP contribution in [0, 0.1) is 13.8 Å². The largest absolute Gasteiger partial charge is 0.441 e. The summed E-state index contributed by atoms with van der Waals surface area (Å²) in [6, 6.07) is 6.87. The number of aromatic nitrogens is 1. The predicted octanol–water partition coefficient (Wildman–Crippen LogP) is 2.33. The van der Waals surface area contributed by atoms with Crippen LogP contribution in [0.3, 0.4) is 0 Å². The van der Waals surface area contributed by atoms with Gasteiger partial charge in [0.15, 0.2) is 9.84 Å². The number of nitrogens with zero attached hydrogens (tertiary/aromatic N) is 1. The Kier molecular flexibility index (Phi) is 4.37. The van der Waals surface area contributed by atoms with Gasteiger partial charge in [0.1, 0.15) is 11.0 Å². The summed E-state index contributed by atoms with van der Waals surface area (Å²) in [5.74, 6) is 0.713. The molecule has 0 fully saturated rings. The van der Waals surface area contributed by atoms with Gasteiger partial charge < -0.3 is 9.73 Å². The monoisotopic (exact) mass is 322 g/mol. The van der Waals surface area contributed by atoms with E-state index in [0.29, 0.717) is 11.6 Å². The highest BCUT2D eigenvalue weighted by molar-refractivity contribution is 7.92. The molecular formula is C15H18N2O4S. The number of amides is 1. The number of carbonyl (C=O) groups excluding carboxylic acids is 1. The number of aryl methyl sites for hydroxylation is 2. The van der Waals surface area contributed by atoms with Crippen molar-refractivity contribution >= 4 is 21.4 Å². The van der Waals surface area contributed by atoms with E-state index in [0.717, 1.165) is 23.3 Å². The van der Waals surface area contributed by atoms with Crippen LogP contribution in [0.15, 0.2) is 28.7 Å². The van der Waals surface area contributed by atoms with E-state index in [1.807, 2.05) is 13.8 Å². The number of sulfone groups is 1. The number of oxazole rings is 1. The number of hydrogen-bond donors (Lipinski definition) is 1. The van der Waals surface area contributed by atoms with Crippen molar-refractivity contribution in [3.05, 3.63) is 35.7 Å². The topological polar surface area (TPSA) is 89.3 Å². The van der Waals surface area contributed by atoms with Gasteiger partial charge in [-0.3, -0.25) is 4.79 Å². The first-order valence-electron chi connectivity index (χ1n) is 6.72. The molecule has 0 aliphatic carbocycles. The molecule has 6 nitrogen and oxygen atoms in total. The third-order valence-electron chi connectivity index (χ3n) is 3.44. The summed E-state index contributed by atoms with van der Waals surface area (Å²) < 4.78 is 28.2. The maximum absolute atomic E-state index is 11.8. The minimum Gasteiger partial charge on any atom is -0.441 e. The zero-order valence-corrected chi connectivity index (χ0v) is 13.7. The molecule has 0 bridgehead atoms. The van der Waals surface area contributed by atoms with E-state index >= 15 is 0 Å². The molecule has 2 aromatic rings. The summed E-state index contributed by atoms with van der Waals surface area (Å²) >= 11 is 0. The Balaban J connectivity index is 2.14. The summed E-state index contributed by atoms with van der Waals surface area (Å²) in [4.78, 5) is 16.1. The minimum atomic E-state index is -3.41. The van der Waals surface area contributed by atoms with Gasteiger partial charge in [-0.2, -0.15) is 0 Å². The zero-order chi connectivity index (χ0) is 16.5. The first-order valence-corrected chi connectivity index (χ1v) is 8.68. The standard InChI is InChI=1S/C15H18N2O4S/c1-9-10(2)21-15(16-9)12-5-7-13(8-6-12)17-14(18)11(3)22(4,19)20/h5-8,11H,1-4H3,(H,17,18)/t11-/m1/s1. The first-order chi connectivity index (χ1) is 10.2. The van der Waals surface area contributed by atoms with Gasteiger partial charge in [-0.05, 0) is 45.0 Å². The average molecular weight is 322 g/mol. The fourth-order valence-electron chi connectivity index (χ4n) is 1.73. The molecule has 1 aromatic heterocycles. The molecule has 0 unspecified atom stereocenters. The highest BCUT2D eigenvalue weighted by Gasteiger charge is 2.23. The molecular weight excluding hydrogens is 304 g/mol. The molecule has 1 atom stereocenters. The Hall–Kier alpha value is -2.15. The van der Waals surface area contributed by atoms with E-state index in [-0.39, 0.29) is 0 Å². The number of hydrogen-bond acceptors (Lipinski definition) is 5. The van der Waals surface area contributed by atoms with Crippen molar-refractivity contribution in [3.8, 4) is 11.5 Å². The Morgan fingerprint density at radius 2 is 1.82 bits per heavy atom. The number of benzene rings is 1. The van der Waals surface area contributed by atoms with Gasteiger partial charge in [-0.1, -0.05) is 0 Å². The first kappa shape index (κ1) is 16.2. The summed E-state index contributed by atoms with van der Waals surface area (Å²) in [6.45, 7) is 5.06. The van der Waals surface area contributed by atoms with E-state index in [1.54, 1.807) is 24.3 Å². The lowest BCUT2D eigenvalue weighted by molar-refractivity contribution is -0.115. The highest BCUT2D eigenvalue weighted by Crippen LogP contribution is 2.23. The lowest BCUT2D eigenvalue weighted by atomic mass is 10.2. The SMILES string of the molecule is Cc1nc(-c2ccc(NC(=O)[C@@H](C)S(C)(=O)=O)cc2)oc1C. The number of nitrogens with one attached hydrogen (secondary N) is 1. The van der Waals surface area contributed by atoms with Crippen LogP contribution in [0.2, 0.25) is 0 Å². The minimum absolute atomic E-state index is 0.511. The summed E-state index contributed by atoms with van der Waals surface area (Å²) in [7, 11) is -3.41. The Morgan fingerprint density at radius 3 is 2.27 bits per heavy atom. The Bertz CT molecular complexity index is 772. The molecule has 2 rings (SSSR count). The van der Waals surface area contributed by atoms with Crippen LogP contribution >= 0.6 is 0 Å². The third kappa shape index (κ3) is 3.54. The van der Waals surface area contributed by atoms with E-state index in [9.17, 15) is 13.2 Å². The second kappa shape index (κ2) is 5.92. The molecule has 118 valence electrons. The van der Waals surface area contributed by atoms with Crippen LogP contribution in [0.4, 0.5) is 5.69 Å². The van der Waals surface area contributed by atoms with Gasteiger partial charge in [0.25, 0.3) is 0 Å². The predicted molar refractivity (Wildman–Crippen MR) is 84.3 cm³/mol. The zero-order valence-electron chi connectivity index (χ0n) is 12.9. The van der Waals surface area contributed by atoms with Crippen molar-refractivity contribution in [1.82, 2.24) is 4.98 Å². The fraction of sp³-hybridized carbons (Fsp3) is 0.333. The van der Waals surface area contributed by atoms with Crippen LogP contribution in [-0.4, -0.2) is 30.8 Å². The molecule has 1 amide bonds. The van der Waals surface area contributed by atoms with Gasteiger partial charge in [0, 0.05) is 17.5 Å². The van der Waals surface area contributed by atoms with Crippen molar-refractivity contribution in [2.45, 2.75) is 26.0 Å². The molecule has 0 saturated heterocycles. The number of anilines is 1. The van der Waals surface area contributed by atoms with Gasteiger partial charge in [-0.25, -0.2) is 13.4 Å². The van der Waals surface area contributed by atoms with Crippen LogP contribution in [0.5, 0.6) is 0 Å². The average Bonchev–Trinajstić information content (AvgIpc) is 2.77. The Morgan fingerprint density at radius 1 is 1.23 bits per heavy atom. The van der Waals surface area contributed by atoms with Crippen LogP contribution in [0.25, 0.3) is 11.5 Å². The second-order valence-electron chi connectivity index (χ2n) is 5.20. The fourth-order valence-corrected chi connectivity index (χ4v) is 2.18. The van der Waals surface area contributed by atoms with Crippen molar-refractivity contribution in [2.75, 3.05) is 11.6 Å². The van der Waals surface area contributed by atoms with E-state index < -0.39 is 21.0 Å². The van der Waals surface area contributed by atoms with Crippen molar-refractivity contribution in [3.63, 3.8) is 0 Å². The Labute approximate surface area is 129 Å². The maximum atomic E-state index is 11.8. The quantitative estimate of drug-likeness (QED) is 0.933. The smallest absolute Gasteiger partial charge is 0.242 e. The normalized spacial score (nSPS) is 12.9. The molecule has 1 aromatic carbocycles.